The molecule has 8 heteroatoms. The number of thioether (sulfide) groups is 1. The molecule has 2 amide bonds. The number of carbonyl (C=O) groups is 2. The molecule has 6 nitrogen and oxygen atoms in total. The molecule has 0 N–H and O–H groups in total. The lowest BCUT2D eigenvalue weighted by Gasteiger charge is -2.15. The molecule has 1 heterocycles. The molecule has 0 aromatic heterocycles. The summed E-state index contributed by atoms with van der Waals surface area (Å²) in [7, 11) is 0. The largest absolute Gasteiger partial charge is 0.492 e. The van der Waals surface area contributed by atoms with Gasteiger partial charge in [0.2, 0.25) is 0 Å². The molecule has 37 heavy (non-hydrogen) atoms. The van der Waals surface area contributed by atoms with Crippen LogP contribution in [0.3, 0.4) is 0 Å². The predicted molar refractivity (Wildman–Crippen MR) is 147 cm³/mol. The average Bonchev–Trinajstić information content (AvgIpc) is 3.12. The summed E-state index contributed by atoms with van der Waals surface area (Å²) >= 11 is 7.47. The van der Waals surface area contributed by atoms with E-state index in [9.17, 15) is 9.59 Å². The first-order chi connectivity index (χ1) is 17.9. The van der Waals surface area contributed by atoms with Crippen molar-refractivity contribution in [1.29, 1.82) is 0 Å². The third-order valence-corrected chi connectivity index (χ3v) is 6.90. The zero-order valence-electron chi connectivity index (χ0n) is 21.0. The molecule has 0 aliphatic carbocycles. The van der Waals surface area contributed by atoms with Crippen molar-refractivity contribution in [2.75, 3.05) is 19.8 Å². The van der Waals surface area contributed by atoms with Crippen molar-refractivity contribution < 1.29 is 23.8 Å². The molecule has 0 bridgehead atoms. The third kappa shape index (κ3) is 6.67. The Bertz CT molecular complexity index is 1340. The summed E-state index contributed by atoms with van der Waals surface area (Å²) in [6, 6.07) is 19.0. The number of aryl methyl sites for hydroxylation is 2. The highest BCUT2D eigenvalue weighted by Crippen LogP contribution is 2.39. The van der Waals surface area contributed by atoms with Crippen molar-refractivity contribution in [3.05, 3.63) is 92.8 Å². The van der Waals surface area contributed by atoms with Crippen LogP contribution in [0.2, 0.25) is 5.02 Å². The first-order valence-corrected chi connectivity index (χ1v) is 13.1. The van der Waals surface area contributed by atoms with Crippen LogP contribution in [0.5, 0.6) is 17.2 Å². The molecule has 0 saturated carbocycles. The van der Waals surface area contributed by atoms with Gasteiger partial charge in [0, 0.05) is 0 Å². The first-order valence-electron chi connectivity index (χ1n) is 11.9. The summed E-state index contributed by atoms with van der Waals surface area (Å²) in [5.74, 6) is 1.24. The molecule has 1 aliphatic heterocycles. The summed E-state index contributed by atoms with van der Waals surface area (Å²) in [5.41, 5.74) is 3.87. The van der Waals surface area contributed by atoms with Crippen LogP contribution in [0.1, 0.15) is 29.2 Å². The zero-order valence-corrected chi connectivity index (χ0v) is 22.5. The van der Waals surface area contributed by atoms with Gasteiger partial charge < -0.3 is 14.2 Å². The van der Waals surface area contributed by atoms with Gasteiger partial charge in [-0.15, -0.1) is 0 Å². The Hall–Kier alpha value is -3.42. The minimum Gasteiger partial charge on any atom is -0.492 e. The third-order valence-electron chi connectivity index (χ3n) is 5.71. The summed E-state index contributed by atoms with van der Waals surface area (Å²) in [4.78, 5) is 27.0. The number of benzene rings is 3. The van der Waals surface area contributed by atoms with Gasteiger partial charge in [0.15, 0.2) is 11.5 Å². The first kappa shape index (κ1) is 26.6. The van der Waals surface area contributed by atoms with E-state index in [0.29, 0.717) is 46.0 Å². The van der Waals surface area contributed by atoms with Crippen molar-refractivity contribution >= 4 is 40.6 Å². The van der Waals surface area contributed by atoms with Crippen molar-refractivity contribution in [2.45, 2.75) is 27.4 Å². The number of imide groups is 1. The maximum atomic E-state index is 12.9. The van der Waals surface area contributed by atoms with Crippen LogP contribution < -0.4 is 14.2 Å². The fourth-order valence-corrected chi connectivity index (χ4v) is 4.94. The standard InChI is InChI=1S/C29H28ClNO5S/c1-4-34-25-16-21(15-24(30)27(25)36-18-22-10-6-5-9-20(22)3)17-26-28(32)31(29(33)37-26)12-13-35-23-11-7-8-19(2)14-23/h5-11,14-17H,4,12-13,18H2,1-3H3/b26-17-. The van der Waals surface area contributed by atoms with Crippen molar-refractivity contribution in [3.8, 4) is 17.2 Å². The molecular weight excluding hydrogens is 510 g/mol. The van der Waals surface area contributed by atoms with E-state index in [-0.39, 0.29) is 24.3 Å². The Balaban J connectivity index is 1.47. The fourth-order valence-electron chi connectivity index (χ4n) is 3.80. The lowest BCUT2D eigenvalue weighted by atomic mass is 10.1. The molecular formula is C29H28ClNO5S. The highest BCUT2D eigenvalue weighted by Gasteiger charge is 2.35. The monoisotopic (exact) mass is 537 g/mol. The van der Waals surface area contributed by atoms with Gasteiger partial charge in [0.25, 0.3) is 11.1 Å². The van der Waals surface area contributed by atoms with Crippen molar-refractivity contribution in [2.24, 2.45) is 0 Å². The van der Waals surface area contributed by atoms with Gasteiger partial charge in [-0.2, -0.15) is 0 Å². The highest BCUT2D eigenvalue weighted by atomic mass is 35.5. The second kappa shape index (κ2) is 12.2. The Labute approximate surface area is 226 Å². The molecule has 1 fully saturated rings. The van der Waals surface area contributed by atoms with E-state index in [1.54, 1.807) is 18.2 Å². The molecule has 3 aromatic rings. The van der Waals surface area contributed by atoms with E-state index in [4.69, 9.17) is 25.8 Å². The maximum absolute atomic E-state index is 12.9. The number of nitrogens with zero attached hydrogens (tertiary/aromatic N) is 1. The van der Waals surface area contributed by atoms with Gasteiger partial charge in [0.05, 0.1) is 23.1 Å². The fraction of sp³-hybridized carbons (Fsp3) is 0.241. The van der Waals surface area contributed by atoms with Gasteiger partial charge in [-0.25, -0.2) is 0 Å². The van der Waals surface area contributed by atoms with Crippen LogP contribution >= 0.6 is 23.4 Å². The van der Waals surface area contributed by atoms with Crippen LogP contribution in [0.15, 0.2) is 65.6 Å². The van der Waals surface area contributed by atoms with Crippen LogP contribution in [0.25, 0.3) is 6.08 Å². The number of amides is 2. The second-order valence-corrected chi connectivity index (χ2v) is 9.88. The lowest BCUT2D eigenvalue weighted by molar-refractivity contribution is -0.123. The van der Waals surface area contributed by atoms with Gasteiger partial charge in [0.1, 0.15) is 19.0 Å². The smallest absolute Gasteiger partial charge is 0.293 e. The van der Waals surface area contributed by atoms with E-state index >= 15 is 0 Å². The lowest BCUT2D eigenvalue weighted by Crippen LogP contribution is -2.32. The summed E-state index contributed by atoms with van der Waals surface area (Å²) in [5, 5.41) is 0.0231. The van der Waals surface area contributed by atoms with Gasteiger partial charge >= 0.3 is 0 Å². The molecule has 0 atom stereocenters. The Kier molecular flexibility index (Phi) is 8.79. The summed E-state index contributed by atoms with van der Waals surface area (Å²) < 4.78 is 17.5. The number of carbonyl (C=O) groups excluding carboxylic acids is 2. The molecule has 192 valence electrons. The van der Waals surface area contributed by atoms with Crippen molar-refractivity contribution in [1.82, 2.24) is 4.90 Å². The quantitative estimate of drug-likeness (QED) is 0.258. The van der Waals surface area contributed by atoms with E-state index in [1.165, 1.54) is 4.90 Å². The molecule has 1 saturated heterocycles. The minimum absolute atomic E-state index is 0.159. The predicted octanol–water partition coefficient (Wildman–Crippen LogP) is 7.05. The van der Waals surface area contributed by atoms with E-state index < -0.39 is 0 Å². The van der Waals surface area contributed by atoms with Crippen LogP contribution in [0, 0.1) is 13.8 Å². The number of hydrogen-bond acceptors (Lipinski definition) is 6. The van der Waals surface area contributed by atoms with Crippen LogP contribution in [-0.4, -0.2) is 35.8 Å². The summed E-state index contributed by atoms with van der Waals surface area (Å²) in [6.45, 7) is 6.99. The Morgan fingerprint density at radius 2 is 1.78 bits per heavy atom. The average molecular weight is 538 g/mol. The number of hydrogen-bond donors (Lipinski definition) is 0. The highest BCUT2D eigenvalue weighted by molar-refractivity contribution is 8.18. The molecule has 0 radical (unpaired) electrons. The molecule has 0 spiro atoms. The molecule has 1 aliphatic rings. The molecule has 0 unspecified atom stereocenters. The maximum Gasteiger partial charge on any atom is 0.293 e. The number of ether oxygens (including phenoxy) is 3. The molecule has 3 aromatic carbocycles. The normalized spacial score (nSPS) is 14.4. The van der Waals surface area contributed by atoms with Crippen LogP contribution in [-0.2, 0) is 11.4 Å². The van der Waals surface area contributed by atoms with Gasteiger partial charge in [-0.05, 0) is 85.1 Å². The number of halogens is 1. The SMILES string of the molecule is CCOc1cc(/C=C2\SC(=O)N(CCOc3cccc(C)c3)C2=O)cc(Cl)c1OCc1ccccc1C. The van der Waals surface area contributed by atoms with E-state index in [1.807, 2.05) is 69.3 Å². The Morgan fingerprint density at radius 1 is 0.973 bits per heavy atom. The minimum atomic E-state index is -0.364. The van der Waals surface area contributed by atoms with Gasteiger partial charge in [-0.1, -0.05) is 48.0 Å². The van der Waals surface area contributed by atoms with Crippen LogP contribution in [0.4, 0.5) is 4.79 Å². The van der Waals surface area contributed by atoms with Crippen molar-refractivity contribution in [3.63, 3.8) is 0 Å². The topological polar surface area (TPSA) is 65.1 Å². The Morgan fingerprint density at radius 3 is 2.54 bits per heavy atom. The second-order valence-electron chi connectivity index (χ2n) is 8.48. The molecule has 4 rings (SSSR count). The van der Waals surface area contributed by atoms with Gasteiger partial charge in [-0.3, -0.25) is 14.5 Å². The number of rotatable bonds is 10. The zero-order chi connectivity index (χ0) is 26.4. The summed E-state index contributed by atoms with van der Waals surface area (Å²) in [6.07, 6.45) is 1.64. The van der Waals surface area contributed by atoms with E-state index in [0.717, 1.165) is 28.5 Å². The van der Waals surface area contributed by atoms with E-state index in [2.05, 4.69) is 0 Å².